The third kappa shape index (κ3) is 4.68. The van der Waals surface area contributed by atoms with Gasteiger partial charge in [-0.1, -0.05) is 18.2 Å². The first-order chi connectivity index (χ1) is 14.0. The molecule has 0 radical (unpaired) electrons. The predicted molar refractivity (Wildman–Crippen MR) is 114 cm³/mol. The van der Waals surface area contributed by atoms with E-state index in [2.05, 4.69) is 20.8 Å². The number of hydrazone groups is 1. The average molecular weight is 411 g/mol. The highest BCUT2D eigenvalue weighted by Gasteiger charge is 2.14. The topological polar surface area (TPSA) is 121 Å². The molecule has 0 aliphatic rings. The van der Waals surface area contributed by atoms with Gasteiger partial charge in [-0.05, 0) is 48.6 Å². The summed E-state index contributed by atoms with van der Waals surface area (Å²) < 4.78 is 6.02. The molecular weight excluding hydrogens is 394 g/mol. The number of aromatic nitrogens is 2. The number of hydrogen-bond donors (Lipinski definition) is 4. The van der Waals surface area contributed by atoms with Gasteiger partial charge in [0.05, 0.1) is 19.0 Å². The van der Waals surface area contributed by atoms with E-state index in [1.54, 1.807) is 24.3 Å². The van der Waals surface area contributed by atoms with E-state index in [1.807, 2.05) is 30.3 Å². The van der Waals surface area contributed by atoms with Crippen molar-refractivity contribution < 1.29 is 9.84 Å². The molecule has 9 nitrogen and oxygen atoms in total. The largest absolute Gasteiger partial charge is 0.497 e. The summed E-state index contributed by atoms with van der Waals surface area (Å²) in [4.78, 5) is 26.4. The molecular formula is C19H17N5O4S. The second-order valence-electron chi connectivity index (χ2n) is 5.72. The molecule has 10 heteroatoms. The van der Waals surface area contributed by atoms with Crippen molar-refractivity contribution in [2.75, 3.05) is 12.4 Å². The van der Waals surface area contributed by atoms with Crippen LogP contribution in [-0.4, -0.2) is 33.1 Å². The Labute approximate surface area is 170 Å². The maximum atomic E-state index is 12.2. The third-order valence-electron chi connectivity index (χ3n) is 3.84. The van der Waals surface area contributed by atoms with Crippen molar-refractivity contribution >= 4 is 29.2 Å². The van der Waals surface area contributed by atoms with Crippen molar-refractivity contribution in [2.24, 2.45) is 5.10 Å². The van der Waals surface area contributed by atoms with Gasteiger partial charge < -0.3 is 15.2 Å². The zero-order chi connectivity index (χ0) is 20.8. The van der Waals surface area contributed by atoms with Crippen LogP contribution in [0.15, 0.2) is 69.3 Å². The molecule has 0 aliphatic carbocycles. The van der Waals surface area contributed by atoms with Gasteiger partial charge in [0.15, 0.2) is 5.11 Å². The van der Waals surface area contributed by atoms with Crippen molar-refractivity contribution in [2.45, 2.75) is 0 Å². The minimum atomic E-state index is -0.788. The lowest BCUT2D eigenvalue weighted by Gasteiger charge is -2.10. The van der Waals surface area contributed by atoms with Crippen LogP contribution in [0.5, 0.6) is 11.6 Å². The van der Waals surface area contributed by atoms with E-state index < -0.39 is 17.1 Å². The molecule has 4 N–H and O–H groups in total. The lowest BCUT2D eigenvalue weighted by Crippen LogP contribution is -2.31. The lowest BCUT2D eigenvalue weighted by atomic mass is 10.2. The Kier molecular flexibility index (Phi) is 6.05. The Bertz CT molecular complexity index is 1150. The number of benzene rings is 2. The highest BCUT2D eigenvalue weighted by Crippen LogP contribution is 2.18. The summed E-state index contributed by atoms with van der Waals surface area (Å²) >= 11 is 5.11. The molecule has 0 unspecified atom stereocenters. The molecule has 29 heavy (non-hydrogen) atoms. The van der Waals surface area contributed by atoms with Gasteiger partial charge in [0.1, 0.15) is 11.3 Å². The number of ether oxygens (including phenoxy) is 1. The average Bonchev–Trinajstić information content (AvgIpc) is 2.71. The van der Waals surface area contributed by atoms with Crippen LogP contribution in [0.2, 0.25) is 0 Å². The minimum Gasteiger partial charge on any atom is -0.497 e. The molecule has 3 aromatic rings. The molecule has 0 atom stereocenters. The van der Waals surface area contributed by atoms with Crippen molar-refractivity contribution in [3.63, 3.8) is 0 Å². The van der Waals surface area contributed by atoms with E-state index >= 15 is 0 Å². The molecule has 0 saturated carbocycles. The van der Waals surface area contributed by atoms with Gasteiger partial charge in [0.25, 0.3) is 5.56 Å². The van der Waals surface area contributed by atoms with E-state index in [9.17, 15) is 14.7 Å². The Balaban J connectivity index is 1.83. The van der Waals surface area contributed by atoms with Crippen molar-refractivity contribution in [3.05, 3.63) is 81.0 Å². The summed E-state index contributed by atoms with van der Waals surface area (Å²) in [6, 6.07) is 15.6. The number of nitrogens with one attached hydrogen (secondary N) is 3. The minimum absolute atomic E-state index is 0.187. The number of anilines is 1. The zero-order valence-corrected chi connectivity index (χ0v) is 16.1. The van der Waals surface area contributed by atoms with Gasteiger partial charge in [-0.3, -0.25) is 15.2 Å². The fourth-order valence-corrected chi connectivity index (χ4v) is 2.63. The maximum Gasteiger partial charge on any atom is 0.335 e. The maximum absolute atomic E-state index is 12.2. The summed E-state index contributed by atoms with van der Waals surface area (Å²) in [6.07, 6.45) is 1.08. The van der Waals surface area contributed by atoms with Crippen LogP contribution in [0, 0.1) is 0 Å². The number of H-pyrrole nitrogens is 1. The van der Waals surface area contributed by atoms with Gasteiger partial charge in [-0.2, -0.15) is 5.10 Å². The molecule has 0 fully saturated rings. The normalized spacial score (nSPS) is 10.7. The second-order valence-corrected chi connectivity index (χ2v) is 6.13. The van der Waals surface area contributed by atoms with Gasteiger partial charge in [0.2, 0.25) is 5.88 Å². The van der Waals surface area contributed by atoms with Crippen LogP contribution in [0.25, 0.3) is 5.69 Å². The first-order valence-corrected chi connectivity index (χ1v) is 8.78. The van der Waals surface area contributed by atoms with Crippen molar-refractivity contribution in [3.8, 4) is 17.3 Å². The molecule has 3 rings (SSSR count). The molecule has 2 aromatic carbocycles. The van der Waals surface area contributed by atoms with E-state index in [0.717, 1.165) is 16.5 Å². The van der Waals surface area contributed by atoms with Gasteiger partial charge >= 0.3 is 5.69 Å². The highest BCUT2D eigenvalue weighted by atomic mass is 32.1. The number of hydrogen-bond acceptors (Lipinski definition) is 6. The van der Waals surface area contributed by atoms with Crippen LogP contribution in [0.3, 0.4) is 0 Å². The Morgan fingerprint density at radius 1 is 1.17 bits per heavy atom. The number of aromatic amines is 1. The molecule has 1 aromatic heterocycles. The number of aromatic hydroxyl groups is 1. The van der Waals surface area contributed by atoms with E-state index in [-0.39, 0.29) is 10.7 Å². The Morgan fingerprint density at radius 3 is 2.52 bits per heavy atom. The quantitative estimate of drug-likeness (QED) is 0.286. The van der Waals surface area contributed by atoms with Gasteiger partial charge in [-0.15, -0.1) is 0 Å². The number of thiocarbonyl (C=S) groups is 1. The lowest BCUT2D eigenvalue weighted by molar-refractivity contribution is 0.414. The third-order valence-corrected chi connectivity index (χ3v) is 4.04. The Hall–Kier alpha value is -3.92. The molecule has 0 aliphatic heterocycles. The zero-order valence-electron chi connectivity index (χ0n) is 15.2. The number of methoxy groups -OCH3 is 1. The van der Waals surface area contributed by atoms with Crippen LogP contribution >= 0.6 is 12.2 Å². The molecule has 148 valence electrons. The SMILES string of the molecule is COc1ccc(-n2c(O)c(/C=N/NC(=S)Nc3ccccc3)c(=O)[nH]c2=O)cc1. The van der Waals surface area contributed by atoms with Crippen LogP contribution in [-0.2, 0) is 0 Å². The Morgan fingerprint density at radius 2 is 1.86 bits per heavy atom. The first-order valence-electron chi connectivity index (χ1n) is 8.37. The second kappa shape index (κ2) is 8.85. The van der Waals surface area contributed by atoms with E-state index in [1.165, 1.54) is 7.11 Å². The summed E-state index contributed by atoms with van der Waals surface area (Å²) in [5, 5.41) is 17.4. The van der Waals surface area contributed by atoms with Crippen molar-refractivity contribution in [1.82, 2.24) is 15.0 Å². The molecule has 1 heterocycles. The van der Waals surface area contributed by atoms with Crippen LogP contribution in [0.1, 0.15) is 5.56 Å². The van der Waals surface area contributed by atoms with E-state index in [4.69, 9.17) is 17.0 Å². The standard InChI is InChI=1S/C19H17N5O4S/c1-28-14-9-7-13(8-10-14)24-17(26)15(16(25)22-19(24)27)11-20-23-18(29)21-12-5-3-2-4-6-12/h2-11,26H,1H3,(H2,21,23,29)(H,22,25,27)/b20-11+. The molecule has 0 saturated heterocycles. The summed E-state index contributed by atoms with van der Waals surface area (Å²) in [7, 11) is 1.51. The molecule has 0 spiro atoms. The fraction of sp³-hybridized carbons (Fsp3) is 0.0526. The van der Waals surface area contributed by atoms with Gasteiger partial charge in [0, 0.05) is 5.69 Å². The summed E-state index contributed by atoms with van der Waals surface area (Å²) in [5.41, 5.74) is 1.86. The monoisotopic (exact) mass is 411 g/mol. The van der Waals surface area contributed by atoms with Crippen LogP contribution in [0.4, 0.5) is 5.69 Å². The fourth-order valence-electron chi connectivity index (χ4n) is 2.46. The summed E-state index contributed by atoms with van der Waals surface area (Å²) in [5.74, 6) is 0.0209. The summed E-state index contributed by atoms with van der Waals surface area (Å²) in [6.45, 7) is 0. The number of para-hydroxylation sites is 1. The number of nitrogens with zero attached hydrogens (tertiary/aromatic N) is 2. The van der Waals surface area contributed by atoms with Crippen LogP contribution < -0.4 is 26.7 Å². The molecule has 0 amide bonds. The molecule has 0 bridgehead atoms. The number of rotatable bonds is 5. The predicted octanol–water partition coefficient (Wildman–Crippen LogP) is 1.56. The van der Waals surface area contributed by atoms with E-state index in [0.29, 0.717) is 11.4 Å². The first kappa shape index (κ1) is 19.8. The van der Waals surface area contributed by atoms with Gasteiger partial charge in [-0.25, -0.2) is 9.36 Å². The van der Waals surface area contributed by atoms with Crippen molar-refractivity contribution in [1.29, 1.82) is 0 Å². The smallest absolute Gasteiger partial charge is 0.335 e. The highest BCUT2D eigenvalue weighted by molar-refractivity contribution is 7.80.